The molecule has 3 nitrogen and oxygen atoms in total. The molecule has 1 aromatic carbocycles. The molecule has 1 aromatic heterocycles. The van der Waals surface area contributed by atoms with E-state index in [1.807, 2.05) is 0 Å². The maximum atomic E-state index is 13.4. The molecule has 17 heavy (non-hydrogen) atoms. The quantitative estimate of drug-likeness (QED) is 0.891. The summed E-state index contributed by atoms with van der Waals surface area (Å²) >= 11 is 5.63. The van der Waals surface area contributed by atoms with Crippen LogP contribution in [0.1, 0.15) is 11.4 Å². The molecule has 2 aromatic rings. The molecule has 0 spiro atoms. The molecule has 0 radical (unpaired) electrons. The molecule has 0 aliphatic heterocycles. The minimum Gasteiger partial charge on any atom is -0.307 e. The third-order valence-corrected chi connectivity index (χ3v) is 2.31. The van der Waals surface area contributed by atoms with Gasteiger partial charge in [0.2, 0.25) is 0 Å². The zero-order chi connectivity index (χ0) is 12.3. The fourth-order valence-corrected chi connectivity index (χ4v) is 1.43. The van der Waals surface area contributed by atoms with E-state index in [1.165, 1.54) is 30.5 Å². The van der Waals surface area contributed by atoms with Crippen LogP contribution in [-0.2, 0) is 0 Å². The van der Waals surface area contributed by atoms with Gasteiger partial charge in [-0.15, -0.1) is 0 Å². The van der Waals surface area contributed by atoms with E-state index in [4.69, 9.17) is 11.6 Å². The highest BCUT2D eigenvalue weighted by Crippen LogP contribution is 2.16. The van der Waals surface area contributed by atoms with Gasteiger partial charge in [-0.25, -0.2) is 9.37 Å². The third kappa shape index (κ3) is 3.01. The first-order valence-electron chi connectivity index (χ1n) is 4.83. The van der Waals surface area contributed by atoms with Gasteiger partial charge in [0.05, 0.1) is 0 Å². The van der Waals surface area contributed by atoms with Gasteiger partial charge >= 0.3 is 0 Å². The molecule has 0 aliphatic carbocycles. The van der Waals surface area contributed by atoms with Crippen molar-refractivity contribution in [3.63, 3.8) is 0 Å². The fraction of sp³-hybridized carbons (Fsp3) is 0. The van der Waals surface area contributed by atoms with Gasteiger partial charge in [0.1, 0.15) is 11.6 Å². The molecule has 0 saturated heterocycles. The third-order valence-electron chi connectivity index (χ3n) is 2.07. The van der Waals surface area contributed by atoms with Crippen LogP contribution in [-0.4, -0.2) is 9.97 Å². The Kier molecular flexibility index (Phi) is 3.35. The standard InChI is InChI=1S/C12H8ClFN2O/c13-9-3-1-8(10(14)7-9)2-4-11-15-6-5-12(17)16-11/h1-7H,(H,15,16,17)/b4-2+. The maximum absolute atomic E-state index is 13.4. The van der Waals surface area contributed by atoms with Crippen molar-refractivity contribution in [3.8, 4) is 0 Å². The van der Waals surface area contributed by atoms with Crippen LogP contribution in [0.5, 0.6) is 0 Å². The number of halogens is 2. The van der Waals surface area contributed by atoms with Crippen LogP contribution >= 0.6 is 11.6 Å². The van der Waals surface area contributed by atoms with Crippen molar-refractivity contribution < 1.29 is 4.39 Å². The molecule has 0 aliphatic rings. The molecule has 0 bridgehead atoms. The minimum absolute atomic E-state index is 0.253. The van der Waals surface area contributed by atoms with Gasteiger partial charge in [0.15, 0.2) is 0 Å². The van der Waals surface area contributed by atoms with E-state index < -0.39 is 5.82 Å². The van der Waals surface area contributed by atoms with E-state index in [0.29, 0.717) is 16.4 Å². The number of aromatic nitrogens is 2. The summed E-state index contributed by atoms with van der Waals surface area (Å²) in [6.45, 7) is 0. The van der Waals surface area contributed by atoms with Crippen LogP contribution in [0.25, 0.3) is 12.2 Å². The van der Waals surface area contributed by atoms with Crippen LogP contribution in [0, 0.1) is 5.82 Å². The summed E-state index contributed by atoms with van der Waals surface area (Å²) in [6.07, 6.45) is 4.42. The number of benzene rings is 1. The van der Waals surface area contributed by atoms with Crippen molar-refractivity contribution in [2.45, 2.75) is 0 Å². The van der Waals surface area contributed by atoms with E-state index in [9.17, 15) is 9.18 Å². The van der Waals surface area contributed by atoms with Gasteiger partial charge in [0, 0.05) is 22.8 Å². The Labute approximate surface area is 102 Å². The smallest absolute Gasteiger partial charge is 0.251 e. The van der Waals surface area contributed by atoms with Crippen LogP contribution in [0.3, 0.4) is 0 Å². The molecule has 0 amide bonds. The minimum atomic E-state index is -0.424. The average Bonchev–Trinajstić information content (AvgIpc) is 2.28. The van der Waals surface area contributed by atoms with Crippen molar-refractivity contribution in [1.82, 2.24) is 9.97 Å². The summed E-state index contributed by atoms with van der Waals surface area (Å²) in [5.41, 5.74) is 0.122. The highest BCUT2D eigenvalue weighted by atomic mass is 35.5. The van der Waals surface area contributed by atoms with E-state index in [-0.39, 0.29) is 5.56 Å². The van der Waals surface area contributed by atoms with Crippen molar-refractivity contribution in [1.29, 1.82) is 0 Å². The lowest BCUT2D eigenvalue weighted by Gasteiger charge is -1.97. The molecule has 2 rings (SSSR count). The normalized spacial score (nSPS) is 10.9. The second-order valence-electron chi connectivity index (χ2n) is 3.32. The van der Waals surface area contributed by atoms with Crippen LogP contribution in [0.4, 0.5) is 4.39 Å². The van der Waals surface area contributed by atoms with Crippen LogP contribution in [0.2, 0.25) is 5.02 Å². The van der Waals surface area contributed by atoms with Gasteiger partial charge in [0.25, 0.3) is 5.56 Å². The molecule has 0 fully saturated rings. The second-order valence-corrected chi connectivity index (χ2v) is 3.75. The van der Waals surface area contributed by atoms with Crippen LogP contribution < -0.4 is 5.56 Å². The van der Waals surface area contributed by atoms with Gasteiger partial charge < -0.3 is 4.98 Å². The predicted octanol–water partition coefficient (Wildman–Crippen LogP) is 2.73. The molecular weight excluding hydrogens is 243 g/mol. The lowest BCUT2D eigenvalue weighted by molar-refractivity contribution is 0.625. The Bertz CT molecular complexity index is 622. The Morgan fingerprint density at radius 2 is 2.12 bits per heavy atom. The molecule has 1 heterocycles. The Morgan fingerprint density at radius 3 is 2.82 bits per heavy atom. The summed E-state index contributed by atoms with van der Waals surface area (Å²) in [4.78, 5) is 17.4. The highest BCUT2D eigenvalue weighted by Gasteiger charge is 1.99. The summed E-state index contributed by atoms with van der Waals surface area (Å²) in [7, 11) is 0. The summed E-state index contributed by atoms with van der Waals surface area (Å²) < 4.78 is 13.4. The first kappa shape index (κ1) is 11.5. The number of rotatable bonds is 2. The Balaban J connectivity index is 2.29. The zero-order valence-corrected chi connectivity index (χ0v) is 9.41. The summed E-state index contributed by atoms with van der Waals surface area (Å²) in [6, 6.07) is 5.67. The lowest BCUT2D eigenvalue weighted by Crippen LogP contribution is -2.05. The first-order chi connectivity index (χ1) is 8.15. The summed E-state index contributed by atoms with van der Waals surface area (Å²) in [5, 5.41) is 0.339. The second kappa shape index (κ2) is 4.93. The maximum Gasteiger partial charge on any atom is 0.251 e. The number of hydrogen-bond acceptors (Lipinski definition) is 2. The number of hydrogen-bond donors (Lipinski definition) is 1. The fourth-order valence-electron chi connectivity index (χ4n) is 1.28. The monoisotopic (exact) mass is 250 g/mol. The first-order valence-corrected chi connectivity index (χ1v) is 5.21. The number of nitrogens with one attached hydrogen (secondary N) is 1. The average molecular weight is 251 g/mol. The summed E-state index contributed by atoms with van der Waals surface area (Å²) in [5.74, 6) is -0.0566. The predicted molar refractivity (Wildman–Crippen MR) is 65.2 cm³/mol. The van der Waals surface area contributed by atoms with E-state index in [1.54, 1.807) is 12.1 Å². The van der Waals surface area contributed by atoms with Crippen LogP contribution in [0.15, 0.2) is 35.3 Å². The van der Waals surface area contributed by atoms with E-state index in [2.05, 4.69) is 9.97 Å². The van der Waals surface area contributed by atoms with Crippen molar-refractivity contribution in [2.75, 3.05) is 0 Å². The molecule has 5 heteroatoms. The topological polar surface area (TPSA) is 45.8 Å². The zero-order valence-electron chi connectivity index (χ0n) is 8.65. The van der Waals surface area contributed by atoms with Gasteiger partial charge in [-0.05, 0) is 24.3 Å². The van der Waals surface area contributed by atoms with Gasteiger partial charge in [-0.3, -0.25) is 4.79 Å². The largest absolute Gasteiger partial charge is 0.307 e. The number of nitrogens with zero attached hydrogens (tertiary/aromatic N) is 1. The van der Waals surface area contributed by atoms with Gasteiger partial charge in [-0.1, -0.05) is 17.7 Å². The Hall–Kier alpha value is -1.94. The SMILES string of the molecule is O=c1ccnc(/C=C/c2ccc(Cl)cc2F)[nH]1. The highest BCUT2D eigenvalue weighted by molar-refractivity contribution is 6.30. The molecular formula is C12H8ClFN2O. The lowest BCUT2D eigenvalue weighted by atomic mass is 10.2. The van der Waals surface area contributed by atoms with Gasteiger partial charge in [-0.2, -0.15) is 0 Å². The van der Waals surface area contributed by atoms with E-state index >= 15 is 0 Å². The molecule has 86 valence electrons. The van der Waals surface area contributed by atoms with Crippen molar-refractivity contribution in [2.24, 2.45) is 0 Å². The number of aromatic amines is 1. The van der Waals surface area contributed by atoms with E-state index in [0.717, 1.165) is 0 Å². The van der Waals surface area contributed by atoms with Crippen molar-refractivity contribution in [3.05, 3.63) is 63.0 Å². The van der Waals surface area contributed by atoms with Crippen molar-refractivity contribution >= 4 is 23.8 Å². The Morgan fingerprint density at radius 1 is 1.29 bits per heavy atom. The molecule has 0 atom stereocenters. The number of H-pyrrole nitrogens is 1. The molecule has 0 saturated carbocycles. The molecule has 1 N–H and O–H groups in total. The molecule has 0 unspecified atom stereocenters.